The van der Waals surface area contributed by atoms with Crippen LogP contribution < -0.4 is 0 Å². The first kappa shape index (κ1) is 13.8. The average molecular weight is 305 g/mol. The van der Waals surface area contributed by atoms with Gasteiger partial charge in [0.25, 0.3) is 0 Å². The molecule has 0 saturated heterocycles. The molecule has 0 aliphatic heterocycles. The molecule has 0 spiro atoms. The van der Waals surface area contributed by atoms with E-state index in [2.05, 4.69) is 4.99 Å². The monoisotopic (exact) mass is 305 g/mol. The lowest BCUT2D eigenvalue weighted by molar-refractivity contribution is -0.115. The summed E-state index contributed by atoms with van der Waals surface area (Å²) >= 11 is 0. The van der Waals surface area contributed by atoms with Crippen molar-refractivity contribution in [3.63, 3.8) is 0 Å². The maximum absolute atomic E-state index is 11.8. The first-order valence-corrected chi connectivity index (χ1v) is 7.63. The number of para-hydroxylation sites is 1. The number of rotatable bonds is 2. The van der Waals surface area contributed by atoms with E-state index in [9.17, 15) is 9.90 Å². The van der Waals surface area contributed by atoms with Gasteiger partial charge < -0.3 is 9.52 Å². The van der Waals surface area contributed by atoms with E-state index in [1.807, 2.05) is 42.5 Å². The summed E-state index contributed by atoms with van der Waals surface area (Å²) in [5, 5.41) is 11.9. The van der Waals surface area contributed by atoms with Crippen molar-refractivity contribution in [2.75, 3.05) is 0 Å². The molecule has 0 unspecified atom stereocenters. The summed E-state index contributed by atoms with van der Waals surface area (Å²) < 4.78 is 5.82. The Morgan fingerprint density at radius 1 is 1.04 bits per heavy atom. The van der Waals surface area contributed by atoms with Crippen molar-refractivity contribution in [2.24, 2.45) is 4.99 Å². The van der Waals surface area contributed by atoms with Gasteiger partial charge in [0.15, 0.2) is 5.78 Å². The summed E-state index contributed by atoms with van der Waals surface area (Å²) in [5.41, 5.74) is 2.61. The maximum atomic E-state index is 11.8. The van der Waals surface area contributed by atoms with Crippen molar-refractivity contribution in [3.05, 3.63) is 53.8 Å². The number of carbonyl (C=O) groups is 1. The van der Waals surface area contributed by atoms with Gasteiger partial charge in [-0.3, -0.25) is 9.79 Å². The molecule has 0 fully saturated rings. The summed E-state index contributed by atoms with van der Waals surface area (Å²) in [6.45, 7) is 0. The smallest absolute Gasteiger partial charge is 0.167 e. The number of furan rings is 1. The number of aliphatic hydroxyl groups excluding tert-OH is 1. The van der Waals surface area contributed by atoms with Crippen LogP contribution in [0.3, 0.4) is 0 Å². The van der Waals surface area contributed by atoms with E-state index in [1.165, 1.54) is 6.21 Å². The molecule has 0 saturated carbocycles. The van der Waals surface area contributed by atoms with Crippen molar-refractivity contribution in [2.45, 2.75) is 19.3 Å². The molecule has 0 bridgehead atoms. The van der Waals surface area contributed by atoms with Crippen LogP contribution in [0.5, 0.6) is 0 Å². The van der Waals surface area contributed by atoms with E-state index in [-0.39, 0.29) is 11.5 Å². The molecule has 114 valence electrons. The summed E-state index contributed by atoms with van der Waals surface area (Å²) in [4.78, 5) is 16.2. The molecule has 1 N–H and O–H groups in total. The van der Waals surface area contributed by atoms with Crippen LogP contribution in [0.2, 0.25) is 0 Å². The van der Waals surface area contributed by atoms with Crippen LogP contribution >= 0.6 is 0 Å². The van der Waals surface area contributed by atoms with Crippen LogP contribution in [0.1, 0.15) is 19.3 Å². The SMILES string of the molecule is O=C1CCCC(O)=C1C=Nc1ccc2c(c1)oc1ccccc12. The number of nitrogens with zero attached hydrogens (tertiary/aromatic N) is 1. The molecule has 0 amide bonds. The summed E-state index contributed by atoms with van der Waals surface area (Å²) in [6.07, 6.45) is 3.16. The van der Waals surface area contributed by atoms with E-state index in [0.717, 1.165) is 21.9 Å². The van der Waals surface area contributed by atoms with Crippen molar-refractivity contribution < 1.29 is 14.3 Å². The third kappa shape index (κ3) is 2.42. The number of hydrogen-bond acceptors (Lipinski definition) is 4. The van der Waals surface area contributed by atoms with E-state index >= 15 is 0 Å². The number of benzene rings is 2. The lowest BCUT2D eigenvalue weighted by atomic mass is 9.97. The minimum absolute atomic E-state index is 0.0534. The van der Waals surface area contributed by atoms with Crippen LogP contribution in [0.15, 0.2) is 63.2 Å². The lowest BCUT2D eigenvalue weighted by Gasteiger charge is -2.11. The highest BCUT2D eigenvalue weighted by Gasteiger charge is 2.18. The van der Waals surface area contributed by atoms with Gasteiger partial charge >= 0.3 is 0 Å². The minimum Gasteiger partial charge on any atom is -0.512 e. The maximum Gasteiger partial charge on any atom is 0.167 e. The molecule has 0 radical (unpaired) electrons. The number of hydrogen-bond donors (Lipinski definition) is 1. The van der Waals surface area contributed by atoms with E-state index < -0.39 is 0 Å². The quantitative estimate of drug-likeness (QED) is 0.688. The van der Waals surface area contributed by atoms with Gasteiger partial charge in [0.05, 0.1) is 11.3 Å². The van der Waals surface area contributed by atoms with Gasteiger partial charge in [0, 0.05) is 35.9 Å². The predicted octanol–water partition coefficient (Wildman–Crippen LogP) is 4.85. The van der Waals surface area contributed by atoms with Crippen molar-refractivity contribution in [3.8, 4) is 0 Å². The zero-order valence-electron chi connectivity index (χ0n) is 12.5. The first-order chi connectivity index (χ1) is 11.2. The molecule has 2 aromatic carbocycles. The number of Topliss-reactive ketones (excluding diaryl/α,β-unsaturated/α-hetero) is 1. The van der Waals surface area contributed by atoms with Crippen molar-refractivity contribution >= 4 is 39.6 Å². The van der Waals surface area contributed by atoms with Crippen LogP contribution in [0.4, 0.5) is 5.69 Å². The summed E-state index contributed by atoms with van der Waals surface area (Å²) in [5.74, 6) is 0.0807. The minimum atomic E-state index is -0.0534. The zero-order valence-corrected chi connectivity index (χ0v) is 12.5. The Morgan fingerprint density at radius 2 is 1.87 bits per heavy atom. The van der Waals surface area contributed by atoms with E-state index in [1.54, 1.807) is 0 Å². The molecule has 4 rings (SSSR count). The number of aliphatic hydroxyl groups is 1. The highest BCUT2D eigenvalue weighted by atomic mass is 16.3. The van der Waals surface area contributed by atoms with Gasteiger partial charge in [0.1, 0.15) is 16.9 Å². The fourth-order valence-electron chi connectivity index (χ4n) is 2.93. The Kier molecular flexibility index (Phi) is 3.23. The number of allylic oxidation sites excluding steroid dienone is 2. The summed E-state index contributed by atoms with van der Waals surface area (Å²) in [7, 11) is 0. The van der Waals surface area contributed by atoms with E-state index in [4.69, 9.17) is 4.42 Å². The van der Waals surface area contributed by atoms with Gasteiger partial charge in [-0.2, -0.15) is 0 Å². The van der Waals surface area contributed by atoms with Crippen LogP contribution in [0.25, 0.3) is 21.9 Å². The summed E-state index contributed by atoms with van der Waals surface area (Å²) in [6, 6.07) is 13.6. The van der Waals surface area contributed by atoms with Gasteiger partial charge in [-0.1, -0.05) is 18.2 Å². The lowest BCUT2D eigenvalue weighted by Crippen LogP contribution is -2.12. The fraction of sp³-hybridized carbons (Fsp3) is 0.158. The molecular weight excluding hydrogens is 290 g/mol. The fourth-order valence-corrected chi connectivity index (χ4v) is 2.93. The molecule has 0 atom stereocenters. The van der Waals surface area contributed by atoms with Crippen molar-refractivity contribution in [1.29, 1.82) is 0 Å². The predicted molar refractivity (Wildman–Crippen MR) is 90.4 cm³/mol. The zero-order chi connectivity index (χ0) is 15.8. The Morgan fingerprint density at radius 3 is 2.74 bits per heavy atom. The molecule has 23 heavy (non-hydrogen) atoms. The number of ketones is 1. The van der Waals surface area contributed by atoms with E-state index in [0.29, 0.717) is 30.5 Å². The van der Waals surface area contributed by atoms with Gasteiger partial charge in [-0.25, -0.2) is 0 Å². The van der Waals surface area contributed by atoms with Gasteiger partial charge in [-0.15, -0.1) is 0 Å². The molecule has 1 heterocycles. The Hall–Kier alpha value is -2.88. The van der Waals surface area contributed by atoms with Crippen LogP contribution in [-0.2, 0) is 4.79 Å². The Balaban J connectivity index is 1.73. The Bertz CT molecular complexity index is 979. The second-order valence-electron chi connectivity index (χ2n) is 5.67. The molecule has 4 nitrogen and oxygen atoms in total. The molecule has 4 heteroatoms. The van der Waals surface area contributed by atoms with Gasteiger partial charge in [0.2, 0.25) is 0 Å². The second kappa shape index (κ2) is 5.39. The highest BCUT2D eigenvalue weighted by molar-refractivity contribution is 6.14. The highest BCUT2D eigenvalue weighted by Crippen LogP contribution is 2.31. The van der Waals surface area contributed by atoms with Crippen LogP contribution in [0, 0.1) is 0 Å². The van der Waals surface area contributed by atoms with Gasteiger partial charge in [-0.05, 0) is 24.6 Å². The number of fused-ring (bicyclic) bond motifs is 3. The Labute approximate surface area is 132 Å². The number of aliphatic imine (C=N–C) groups is 1. The molecule has 1 aromatic heterocycles. The number of carbonyl (C=O) groups excluding carboxylic acids is 1. The van der Waals surface area contributed by atoms with Crippen LogP contribution in [-0.4, -0.2) is 17.1 Å². The molecule has 1 aliphatic rings. The average Bonchev–Trinajstić information content (AvgIpc) is 2.92. The second-order valence-corrected chi connectivity index (χ2v) is 5.67. The molecule has 3 aromatic rings. The topological polar surface area (TPSA) is 62.8 Å². The molecule has 1 aliphatic carbocycles. The normalized spacial score (nSPS) is 16.1. The standard InChI is InChI=1S/C19H15NO3/c21-16-5-3-6-17(22)15(16)11-20-12-8-9-14-13-4-1-2-7-18(13)23-19(14)10-12/h1-2,4,7-11,21H,3,5-6H2. The van der Waals surface area contributed by atoms with Crippen molar-refractivity contribution in [1.82, 2.24) is 0 Å². The third-order valence-corrected chi connectivity index (χ3v) is 4.13. The largest absolute Gasteiger partial charge is 0.512 e. The molecular formula is C19H15NO3. The first-order valence-electron chi connectivity index (χ1n) is 7.63. The third-order valence-electron chi connectivity index (χ3n) is 4.13.